The molecule has 0 saturated carbocycles. The first-order valence-electron chi connectivity index (χ1n) is 3.68. The van der Waals surface area contributed by atoms with E-state index in [4.69, 9.17) is 10.5 Å². The smallest absolute Gasteiger partial charge is 0.0899 e. The minimum Gasteiger partial charge on any atom is -0.377 e. The number of aromatic nitrogens is 1. The summed E-state index contributed by atoms with van der Waals surface area (Å²) in [6.45, 7) is 1.18. The van der Waals surface area contributed by atoms with Crippen LogP contribution in [0.4, 0.5) is 0 Å². The minimum absolute atomic E-state index is 0.309. The van der Waals surface area contributed by atoms with Crippen LogP contribution in [0.1, 0.15) is 5.56 Å². The van der Waals surface area contributed by atoms with Crippen LogP contribution in [0.15, 0.2) is 22.9 Å². The van der Waals surface area contributed by atoms with E-state index in [0.29, 0.717) is 13.2 Å². The van der Waals surface area contributed by atoms with Gasteiger partial charge in [-0.3, -0.25) is 4.98 Å². The molecule has 64 valence electrons. The Labute approximate surface area is 79.1 Å². The number of rotatable bonds is 1. The van der Waals surface area contributed by atoms with Gasteiger partial charge in [0.15, 0.2) is 0 Å². The van der Waals surface area contributed by atoms with Gasteiger partial charge in [0, 0.05) is 16.9 Å². The van der Waals surface area contributed by atoms with Gasteiger partial charge in [-0.25, -0.2) is 0 Å². The lowest BCUT2D eigenvalue weighted by Gasteiger charge is -2.37. The molecule has 2 rings (SSSR count). The maximum atomic E-state index is 6.01. The van der Waals surface area contributed by atoms with E-state index >= 15 is 0 Å². The molecule has 2 N–H and O–H groups in total. The van der Waals surface area contributed by atoms with E-state index in [-0.39, 0.29) is 5.54 Å². The standard InChI is InChI=1S/C8H9BrN2O/c9-7-1-6(2-11-3-7)8(10)4-12-5-8/h1-3H,4-5,10H2. The second kappa shape index (κ2) is 2.80. The summed E-state index contributed by atoms with van der Waals surface area (Å²) in [5.74, 6) is 0. The molecule has 4 heteroatoms. The van der Waals surface area contributed by atoms with Crippen LogP contribution in [0.5, 0.6) is 0 Å². The highest BCUT2D eigenvalue weighted by Gasteiger charge is 2.36. The number of ether oxygens (including phenoxy) is 1. The van der Waals surface area contributed by atoms with Crippen molar-refractivity contribution in [1.82, 2.24) is 4.98 Å². The van der Waals surface area contributed by atoms with Crippen LogP contribution in [-0.4, -0.2) is 18.2 Å². The monoisotopic (exact) mass is 228 g/mol. The van der Waals surface area contributed by atoms with Crippen molar-refractivity contribution in [2.75, 3.05) is 13.2 Å². The first-order chi connectivity index (χ1) is 5.71. The van der Waals surface area contributed by atoms with Gasteiger partial charge < -0.3 is 10.5 Å². The van der Waals surface area contributed by atoms with Gasteiger partial charge in [-0.1, -0.05) is 0 Å². The molecule has 1 aromatic rings. The largest absolute Gasteiger partial charge is 0.377 e. The van der Waals surface area contributed by atoms with Crippen LogP contribution in [-0.2, 0) is 10.3 Å². The average Bonchev–Trinajstić information content (AvgIpc) is 2.00. The topological polar surface area (TPSA) is 48.1 Å². The van der Waals surface area contributed by atoms with E-state index < -0.39 is 0 Å². The van der Waals surface area contributed by atoms with Gasteiger partial charge in [-0.15, -0.1) is 0 Å². The number of hydrogen-bond donors (Lipinski definition) is 1. The number of nitrogens with zero attached hydrogens (tertiary/aromatic N) is 1. The number of hydrogen-bond acceptors (Lipinski definition) is 3. The predicted octanol–water partition coefficient (Wildman–Crippen LogP) is 1.03. The first-order valence-corrected chi connectivity index (χ1v) is 4.48. The average molecular weight is 229 g/mol. The van der Waals surface area contributed by atoms with E-state index in [1.165, 1.54) is 0 Å². The summed E-state index contributed by atoms with van der Waals surface area (Å²) in [5, 5.41) is 0. The zero-order valence-electron chi connectivity index (χ0n) is 6.46. The molecule has 1 aliphatic rings. The fraction of sp³-hybridized carbons (Fsp3) is 0.375. The van der Waals surface area contributed by atoms with Crippen LogP contribution >= 0.6 is 15.9 Å². The predicted molar refractivity (Wildman–Crippen MR) is 48.6 cm³/mol. The van der Waals surface area contributed by atoms with E-state index in [1.54, 1.807) is 12.4 Å². The number of nitrogens with two attached hydrogens (primary N) is 1. The fourth-order valence-electron chi connectivity index (χ4n) is 1.17. The molecule has 1 saturated heterocycles. The van der Waals surface area contributed by atoms with Crippen molar-refractivity contribution in [3.8, 4) is 0 Å². The summed E-state index contributed by atoms with van der Waals surface area (Å²) in [4.78, 5) is 4.05. The first kappa shape index (κ1) is 8.16. The third-order valence-corrected chi connectivity index (χ3v) is 2.43. The summed E-state index contributed by atoms with van der Waals surface area (Å²) in [5.41, 5.74) is 6.73. The second-order valence-corrected chi connectivity index (χ2v) is 3.96. The summed E-state index contributed by atoms with van der Waals surface area (Å²) < 4.78 is 6.02. The van der Waals surface area contributed by atoms with Gasteiger partial charge in [0.1, 0.15) is 0 Å². The molecule has 0 spiro atoms. The molecule has 1 fully saturated rings. The Bertz CT molecular complexity index is 299. The molecule has 1 aliphatic heterocycles. The van der Waals surface area contributed by atoms with E-state index in [2.05, 4.69) is 20.9 Å². The Morgan fingerprint density at radius 1 is 1.50 bits per heavy atom. The Balaban J connectivity index is 2.33. The molecular formula is C8H9BrN2O. The highest BCUT2D eigenvalue weighted by atomic mass is 79.9. The van der Waals surface area contributed by atoms with Gasteiger partial charge in [0.25, 0.3) is 0 Å². The van der Waals surface area contributed by atoms with Crippen LogP contribution in [0, 0.1) is 0 Å². The molecule has 3 nitrogen and oxygen atoms in total. The molecule has 0 bridgehead atoms. The zero-order valence-corrected chi connectivity index (χ0v) is 8.04. The Kier molecular flexibility index (Phi) is 1.90. The van der Waals surface area contributed by atoms with Crippen molar-refractivity contribution in [3.63, 3.8) is 0 Å². The lowest BCUT2D eigenvalue weighted by molar-refractivity contribution is -0.0571. The maximum Gasteiger partial charge on any atom is 0.0899 e. The highest BCUT2D eigenvalue weighted by Crippen LogP contribution is 2.27. The summed E-state index contributed by atoms with van der Waals surface area (Å²) >= 11 is 3.35. The molecule has 12 heavy (non-hydrogen) atoms. The van der Waals surface area contributed by atoms with E-state index in [1.807, 2.05) is 6.07 Å². The van der Waals surface area contributed by atoms with Crippen molar-refractivity contribution in [2.45, 2.75) is 5.54 Å². The third kappa shape index (κ3) is 1.26. The molecule has 0 atom stereocenters. The van der Waals surface area contributed by atoms with Gasteiger partial charge in [0.2, 0.25) is 0 Å². The van der Waals surface area contributed by atoms with Crippen LogP contribution in [0.2, 0.25) is 0 Å². The molecule has 0 aromatic carbocycles. The SMILES string of the molecule is NC1(c2cncc(Br)c2)COC1. The second-order valence-electron chi connectivity index (χ2n) is 3.04. The lowest BCUT2D eigenvalue weighted by atomic mass is 9.91. The summed E-state index contributed by atoms with van der Waals surface area (Å²) in [7, 11) is 0. The molecular weight excluding hydrogens is 220 g/mol. The Morgan fingerprint density at radius 3 is 2.75 bits per heavy atom. The van der Waals surface area contributed by atoms with E-state index in [9.17, 15) is 0 Å². The minimum atomic E-state index is -0.309. The molecule has 0 unspecified atom stereocenters. The van der Waals surface area contributed by atoms with Crippen LogP contribution in [0.3, 0.4) is 0 Å². The maximum absolute atomic E-state index is 6.01. The Morgan fingerprint density at radius 2 is 2.25 bits per heavy atom. The molecule has 0 amide bonds. The summed E-state index contributed by atoms with van der Waals surface area (Å²) in [6, 6.07) is 1.98. The molecule has 0 radical (unpaired) electrons. The lowest BCUT2D eigenvalue weighted by Crippen LogP contribution is -2.54. The highest BCUT2D eigenvalue weighted by molar-refractivity contribution is 9.10. The number of halogens is 1. The van der Waals surface area contributed by atoms with E-state index in [0.717, 1.165) is 10.0 Å². The molecule has 2 heterocycles. The Hall–Kier alpha value is -0.450. The quantitative estimate of drug-likeness (QED) is 0.782. The molecule has 0 aliphatic carbocycles. The van der Waals surface area contributed by atoms with Gasteiger partial charge in [-0.05, 0) is 27.6 Å². The van der Waals surface area contributed by atoms with Crippen LogP contribution in [0.25, 0.3) is 0 Å². The third-order valence-electron chi connectivity index (χ3n) is 2.00. The van der Waals surface area contributed by atoms with Gasteiger partial charge in [0.05, 0.1) is 18.8 Å². The van der Waals surface area contributed by atoms with Crippen molar-refractivity contribution in [3.05, 3.63) is 28.5 Å². The normalized spacial score (nSPS) is 20.2. The van der Waals surface area contributed by atoms with Crippen molar-refractivity contribution in [1.29, 1.82) is 0 Å². The van der Waals surface area contributed by atoms with Gasteiger partial charge >= 0.3 is 0 Å². The summed E-state index contributed by atoms with van der Waals surface area (Å²) in [6.07, 6.45) is 3.53. The van der Waals surface area contributed by atoms with Crippen LogP contribution < -0.4 is 5.73 Å². The van der Waals surface area contributed by atoms with Crippen molar-refractivity contribution < 1.29 is 4.74 Å². The van der Waals surface area contributed by atoms with Gasteiger partial charge in [-0.2, -0.15) is 0 Å². The van der Waals surface area contributed by atoms with Crippen molar-refractivity contribution >= 4 is 15.9 Å². The zero-order chi connectivity index (χ0) is 8.60. The molecule has 1 aromatic heterocycles. The van der Waals surface area contributed by atoms with Crippen molar-refractivity contribution in [2.24, 2.45) is 5.73 Å². The fourth-order valence-corrected chi connectivity index (χ4v) is 1.54. The number of pyridine rings is 1.